The summed E-state index contributed by atoms with van der Waals surface area (Å²) in [6.45, 7) is 2.28. The van der Waals surface area contributed by atoms with E-state index in [1.54, 1.807) is 24.3 Å². The number of benzene rings is 1. The van der Waals surface area contributed by atoms with Crippen LogP contribution in [0.15, 0.2) is 38.6 Å². The van der Waals surface area contributed by atoms with Gasteiger partial charge in [0.25, 0.3) is 5.91 Å². The van der Waals surface area contributed by atoms with E-state index in [-0.39, 0.29) is 12.2 Å². The lowest BCUT2D eigenvalue weighted by molar-refractivity contribution is -0.135. The number of likely N-dealkylation sites (N-methyl/N-ethyl adjacent to an activating group) is 1. The van der Waals surface area contributed by atoms with E-state index in [0.29, 0.717) is 22.7 Å². The van der Waals surface area contributed by atoms with Gasteiger partial charge in [-0.3, -0.25) is 9.59 Å². The van der Waals surface area contributed by atoms with Crippen molar-refractivity contribution in [2.24, 2.45) is 0 Å². The van der Waals surface area contributed by atoms with E-state index in [1.807, 2.05) is 13.0 Å². The lowest BCUT2D eigenvalue weighted by Crippen LogP contribution is -2.41. The van der Waals surface area contributed by atoms with E-state index < -0.39 is 11.5 Å². The molecule has 1 aromatic heterocycles. The third kappa shape index (κ3) is 2.80. The zero-order valence-electron chi connectivity index (χ0n) is 12.2. The average Bonchev–Trinajstić information content (AvgIpc) is 3.02. The van der Waals surface area contributed by atoms with Crippen LogP contribution in [0.25, 0.3) is 0 Å². The summed E-state index contributed by atoms with van der Waals surface area (Å²) in [6.07, 6.45) is -0.265. The first kappa shape index (κ1) is 16.8. The minimum absolute atomic E-state index is 0.250. The number of amides is 1. The molecule has 0 aliphatic carbocycles. The van der Waals surface area contributed by atoms with E-state index in [4.69, 9.17) is 0 Å². The van der Waals surface area contributed by atoms with Crippen molar-refractivity contribution >= 4 is 60.6 Å². The van der Waals surface area contributed by atoms with Crippen LogP contribution in [0, 0.1) is 0 Å². The predicted molar refractivity (Wildman–Crippen MR) is 97.0 cm³/mol. The van der Waals surface area contributed by atoms with Crippen molar-refractivity contribution in [2.75, 3.05) is 11.4 Å². The summed E-state index contributed by atoms with van der Waals surface area (Å²) < 4.78 is 1.59. The van der Waals surface area contributed by atoms with Crippen molar-refractivity contribution in [3.8, 4) is 0 Å². The Morgan fingerprint density at radius 3 is 2.65 bits per heavy atom. The maximum atomic E-state index is 12.7. The molecule has 7 heteroatoms. The highest BCUT2D eigenvalue weighted by molar-refractivity contribution is 9.11. The fourth-order valence-electron chi connectivity index (χ4n) is 2.79. The van der Waals surface area contributed by atoms with Gasteiger partial charge >= 0.3 is 0 Å². The molecule has 1 amide bonds. The van der Waals surface area contributed by atoms with Crippen LogP contribution in [0.3, 0.4) is 0 Å². The molecule has 0 saturated carbocycles. The van der Waals surface area contributed by atoms with Crippen LogP contribution < -0.4 is 4.90 Å². The number of anilines is 1. The van der Waals surface area contributed by atoms with Gasteiger partial charge in [-0.25, -0.2) is 0 Å². The summed E-state index contributed by atoms with van der Waals surface area (Å²) in [4.78, 5) is 27.2. The van der Waals surface area contributed by atoms with Crippen molar-refractivity contribution in [2.45, 2.75) is 18.9 Å². The first-order valence-electron chi connectivity index (χ1n) is 6.99. The smallest absolute Gasteiger partial charge is 0.264 e. The zero-order chi connectivity index (χ0) is 16.8. The Morgan fingerprint density at radius 2 is 2.04 bits per heavy atom. The van der Waals surface area contributed by atoms with Crippen LogP contribution in [0.4, 0.5) is 5.69 Å². The third-order valence-electron chi connectivity index (χ3n) is 3.87. The van der Waals surface area contributed by atoms with Crippen LogP contribution in [-0.4, -0.2) is 23.3 Å². The molecule has 3 rings (SSSR count). The molecule has 0 unspecified atom stereocenters. The zero-order valence-corrected chi connectivity index (χ0v) is 16.2. The van der Waals surface area contributed by atoms with Crippen molar-refractivity contribution in [1.82, 2.24) is 0 Å². The van der Waals surface area contributed by atoms with Gasteiger partial charge in [0.1, 0.15) is 0 Å². The molecule has 2 aromatic rings. The van der Waals surface area contributed by atoms with Gasteiger partial charge in [0.15, 0.2) is 11.4 Å². The first-order valence-corrected chi connectivity index (χ1v) is 9.40. The number of halogens is 2. The van der Waals surface area contributed by atoms with Crippen LogP contribution >= 0.6 is 43.2 Å². The molecule has 0 bridgehead atoms. The molecule has 1 atom stereocenters. The molecule has 4 nitrogen and oxygen atoms in total. The van der Waals surface area contributed by atoms with Crippen molar-refractivity contribution < 1.29 is 14.7 Å². The predicted octanol–water partition coefficient (Wildman–Crippen LogP) is 4.10. The normalized spacial score (nSPS) is 20.0. The SMILES string of the molecule is CCN1C(=O)[C@](O)(CC(=O)c2ccc(Br)s2)c2cc(Br)ccc21. The van der Waals surface area contributed by atoms with E-state index in [1.165, 1.54) is 16.2 Å². The van der Waals surface area contributed by atoms with Crippen LogP contribution in [0.1, 0.15) is 28.6 Å². The highest BCUT2D eigenvalue weighted by atomic mass is 79.9. The monoisotopic (exact) mass is 457 g/mol. The number of aliphatic hydroxyl groups is 1. The summed E-state index contributed by atoms with van der Waals surface area (Å²) in [5.41, 5.74) is -0.686. The Morgan fingerprint density at radius 1 is 1.30 bits per heavy atom. The summed E-state index contributed by atoms with van der Waals surface area (Å²) in [5, 5.41) is 11.0. The van der Waals surface area contributed by atoms with Crippen molar-refractivity contribution in [3.63, 3.8) is 0 Å². The Bertz CT molecular complexity index is 804. The second-order valence-electron chi connectivity index (χ2n) is 5.27. The number of carbonyl (C=O) groups is 2. The van der Waals surface area contributed by atoms with Gasteiger partial charge in [-0.05, 0) is 53.2 Å². The lowest BCUT2D eigenvalue weighted by atomic mass is 9.89. The summed E-state index contributed by atoms with van der Waals surface area (Å²) in [5.74, 6) is -0.697. The highest BCUT2D eigenvalue weighted by Crippen LogP contribution is 2.44. The Balaban J connectivity index is 2.02. The summed E-state index contributed by atoms with van der Waals surface area (Å²) in [6, 6.07) is 8.78. The highest BCUT2D eigenvalue weighted by Gasteiger charge is 2.50. The number of thiophene rings is 1. The van der Waals surface area contributed by atoms with Crippen LogP contribution in [0.5, 0.6) is 0 Å². The topological polar surface area (TPSA) is 57.6 Å². The number of carbonyl (C=O) groups excluding carboxylic acids is 2. The number of fused-ring (bicyclic) bond motifs is 1. The molecule has 2 heterocycles. The fourth-order valence-corrected chi connectivity index (χ4v) is 4.48. The molecule has 120 valence electrons. The molecule has 1 aliphatic rings. The van der Waals surface area contributed by atoms with Gasteiger partial charge in [0, 0.05) is 16.6 Å². The van der Waals surface area contributed by atoms with Gasteiger partial charge in [-0.15, -0.1) is 11.3 Å². The second kappa shape index (κ2) is 6.12. The average molecular weight is 459 g/mol. The number of nitrogens with zero attached hydrogens (tertiary/aromatic N) is 1. The van der Waals surface area contributed by atoms with E-state index in [2.05, 4.69) is 31.9 Å². The number of rotatable bonds is 4. The van der Waals surface area contributed by atoms with Gasteiger partial charge in [-0.1, -0.05) is 15.9 Å². The second-order valence-corrected chi connectivity index (χ2v) is 8.65. The number of hydrogen-bond donors (Lipinski definition) is 1. The van der Waals surface area contributed by atoms with Gasteiger partial charge in [0.05, 0.1) is 20.8 Å². The summed E-state index contributed by atoms with van der Waals surface area (Å²) >= 11 is 7.97. The third-order valence-corrected chi connectivity index (χ3v) is 6.03. The summed E-state index contributed by atoms with van der Waals surface area (Å²) in [7, 11) is 0. The van der Waals surface area contributed by atoms with E-state index >= 15 is 0 Å². The Hall–Kier alpha value is -1.02. The van der Waals surface area contributed by atoms with Crippen LogP contribution in [-0.2, 0) is 10.4 Å². The minimum atomic E-state index is -1.82. The molecule has 1 N–H and O–H groups in total. The van der Waals surface area contributed by atoms with Gasteiger partial charge < -0.3 is 10.0 Å². The fraction of sp³-hybridized carbons (Fsp3) is 0.250. The quantitative estimate of drug-likeness (QED) is 0.701. The maximum absolute atomic E-state index is 12.7. The first-order chi connectivity index (χ1) is 10.9. The van der Waals surface area contributed by atoms with Gasteiger partial charge in [0.2, 0.25) is 0 Å². The van der Waals surface area contributed by atoms with Crippen molar-refractivity contribution in [1.29, 1.82) is 0 Å². The van der Waals surface area contributed by atoms with Gasteiger partial charge in [-0.2, -0.15) is 0 Å². The molecule has 23 heavy (non-hydrogen) atoms. The van der Waals surface area contributed by atoms with E-state index in [9.17, 15) is 14.7 Å². The Kier molecular flexibility index (Phi) is 4.48. The molecule has 1 aliphatic heterocycles. The molecule has 0 saturated heterocycles. The maximum Gasteiger partial charge on any atom is 0.264 e. The standard InChI is InChI=1S/C16H13Br2NO3S/c1-2-19-11-4-3-9(17)7-10(11)16(22,15(19)21)8-12(20)13-5-6-14(18)23-13/h3-7,22H,2,8H2,1H3/t16-/m0/s1. The molecule has 1 aromatic carbocycles. The molecule has 0 spiro atoms. The Labute approximate surface area is 154 Å². The number of ketones is 1. The molecule has 0 radical (unpaired) electrons. The minimum Gasteiger partial charge on any atom is -0.375 e. The molecule has 0 fully saturated rings. The van der Waals surface area contributed by atoms with Crippen LogP contribution in [0.2, 0.25) is 0 Å². The number of hydrogen-bond acceptors (Lipinski definition) is 4. The largest absolute Gasteiger partial charge is 0.375 e. The van der Waals surface area contributed by atoms with Crippen molar-refractivity contribution in [3.05, 3.63) is 49.0 Å². The molecular formula is C16H13Br2NO3S. The lowest BCUT2D eigenvalue weighted by Gasteiger charge is -2.21. The molecular weight excluding hydrogens is 446 g/mol. The van der Waals surface area contributed by atoms with E-state index in [0.717, 1.165) is 8.26 Å². The number of Topliss-reactive ketones (excluding diaryl/α,β-unsaturated/α-hetero) is 1.